The minimum absolute atomic E-state index is 0.204. The van der Waals surface area contributed by atoms with E-state index in [2.05, 4.69) is 6.58 Å². The number of aliphatic hydroxyl groups excluding tert-OH is 1. The molecule has 1 aromatic carbocycles. The summed E-state index contributed by atoms with van der Waals surface area (Å²) in [4.78, 5) is 25.9. The first-order valence-electron chi connectivity index (χ1n) is 10.5. The van der Waals surface area contributed by atoms with Gasteiger partial charge in [-0.2, -0.15) is 0 Å². The largest absolute Gasteiger partial charge is 0.393 e. The fourth-order valence-electron chi connectivity index (χ4n) is 4.56. The fourth-order valence-corrected chi connectivity index (χ4v) is 4.56. The van der Waals surface area contributed by atoms with Crippen molar-refractivity contribution in [2.45, 2.75) is 56.8 Å². The van der Waals surface area contributed by atoms with E-state index < -0.39 is 41.4 Å². The quantitative estimate of drug-likeness (QED) is 0.578. The molecular weight excluding hydrogens is 416 g/mol. The van der Waals surface area contributed by atoms with Gasteiger partial charge in [-0.3, -0.25) is 9.36 Å². The van der Waals surface area contributed by atoms with Crippen molar-refractivity contribution < 1.29 is 24.1 Å². The average molecular weight is 444 g/mol. The summed E-state index contributed by atoms with van der Waals surface area (Å²) in [5, 5.41) is 10.2. The number of hydrogen-bond donors (Lipinski definition) is 1. The van der Waals surface area contributed by atoms with Crippen LogP contribution in [0.25, 0.3) is 0 Å². The zero-order valence-electron chi connectivity index (χ0n) is 18.2. The molecular formula is C23H28N2O7. The van der Waals surface area contributed by atoms with E-state index in [1.807, 2.05) is 30.3 Å². The molecule has 2 bridgehead atoms. The number of aromatic nitrogens is 2. The molecule has 0 aliphatic carbocycles. The molecule has 1 N–H and O–H groups in total. The predicted octanol–water partition coefficient (Wildman–Crippen LogP) is 1.11. The Morgan fingerprint density at radius 3 is 2.69 bits per heavy atom. The molecule has 2 saturated heterocycles. The molecule has 0 spiro atoms. The minimum Gasteiger partial charge on any atom is -0.393 e. The lowest BCUT2D eigenvalue weighted by atomic mass is 9.91. The summed E-state index contributed by atoms with van der Waals surface area (Å²) in [5.74, 6) is 0. The lowest BCUT2D eigenvalue weighted by Gasteiger charge is -2.36. The summed E-state index contributed by atoms with van der Waals surface area (Å²) in [7, 11) is 1.51. The second-order valence-electron chi connectivity index (χ2n) is 8.09. The van der Waals surface area contributed by atoms with Gasteiger partial charge in [-0.25, -0.2) is 9.36 Å². The molecule has 9 nitrogen and oxygen atoms in total. The monoisotopic (exact) mass is 444 g/mol. The summed E-state index contributed by atoms with van der Waals surface area (Å²) in [6.45, 7) is 5.07. The Labute approximate surface area is 185 Å². The van der Waals surface area contributed by atoms with Crippen molar-refractivity contribution in [1.29, 1.82) is 0 Å². The Balaban J connectivity index is 1.63. The Morgan fingerprint density at radius 2 is 2.03 bits per heavy atom. The van der Waals surface area contributed by atoms with E-state index in [0.717, 1.165) is 10.1 Å². The number of aryl methyl sites for hydroxylation is 1. The van der Waals surface area contributed by atoms with Crippen molar-refractivity contribution >= 4 is 0 Å². The third-order valence-electron chi connectivity index (χ3n) is 6.12. The molecule has 2 aliphatic rings. The molecule has 2 aliphatic heterocycles. The number of rotatable bonds is 9. The normalized spacial score (nSPS) is 28.8. The van der Waals surface area contributed by atoms with Gasteiger partial charge in [0.05, 0.1) is 19.3 Å². The number of ether oxygens (including phenoxy) is 4. The third-order valence-corrected chi connectivity index (χ3v) is 6.12. The van der Waals surface area contributed by atoms with Crippen LogP contribution in [0.5, 0.6) is 0 Å². The molecule has 172 valence electrons. The van der Waals surface area contributed by atoms with E-state index in [-0.39, 0.29) is 19.9 Å². The van der Waals surface area contributed by atoms with E-state index in [9.17, 15) is 14.7 Å². The van der Waals surface area contributed by atoms with Gasteiger partial charge in [-0.1, -0.05) is 36.4 Å². The van der Waals surface area contributed by atoms with Crippen LogP contribution < -0.4 is 11.2 Å². The minimum atomic E-state index is -1.13. The Bertz CT molecular complexity index is 1080. The molecule has 0 saturated carbocycles. The van der Waals surface area contributed by atoms with Gasteiger partial charge in [0.2, 0.25) is 0 Å². The van der Waals surface area contributed by atoms with Gasteiger partial charge in [0.25, 0.3) is 5.56 Å². The average Bonchev–Trinajstić information content (AvgIpc) is 3.29. The van der Waals surface area contributed by atoms with Crippen LogP contribution >= 0.6 is 0 Å². The van der Waals surface area contributed by atoms with Crippen LogP contribution in [0.2, 0.25) is 0 Å². The smallest absolute Gasteiger partial charge is 0.335 e. The first kappa shape index (κ1) is 22.6. The van der Waals surface area contributed by atoms with Gasteiger partial charge in [0.1, 0.15) is 24.5 Å². The van der Waals surface area contributed by atoms with Crippen LogP contribution in [-0.4, -0.2) is 51.9 Å². The molecule has 1 aromatic heterocycles. The lowest BCUT2D eigenvalue weighted by molar-refractivity contribution is -0.223. The van der Waals surface area contributed by atoms with Gasteiger partial charge in [-0.15, -0.1) is 6.58 Å². The summed E-state index contributed by atoms with van der Waals surface area (Å²) < 4.78 is 25.9. The molecule has 5 atom stereocenters. The summed E-state index contributed by atoms with van der Waals surface area (Å²) >= 11 is 0. The van der Waals surface area contributed by atoms with E-state index in [1.54, 1.807) is 13.0 Å². The molecule has 0 unspecified atom stereocenters. The van der Waals surface area contributed by atoms with Crippen molar-refractivity contribution in [1.82, 2.24) is 9.13 Å². The van der Waals surface area contributed by atoms with Crippen molar-refractivity contribution in [2.24, 2.45) is 0 Å². The first-order valence-corrected chi connectivity index (χ1v) is 10.5. The number of fused-ring (bicyclic) bond motifs is 2. The molecule has 2 aromatic rings. The Morgan fingerprint density at radius 1 is 1.28 bits per heavy atom. The van der Waals surface area contributed by atoms with Crippen LogP contribution in [-0.2, 0) is 32.3 Å². The molecule has 0 radical (unpaired) electrons. The van der Waals surface area contributed by atoms with Gasteiger partial charge >= 0.3 is 5.69 Å². The molecule has 2 fully saturated rings. The van der Waals surface area contributed by atoms with E-state index >= 15 is 0 Å². The summed E-state index contributed by atoms with van der Waals surface area (Å²) in [5.41, 5.74) is -0.865. The predicted molar refractivity (Wildman–Crippen MR) is 115 cm³/mol. The summed E-state index contributed by atoms with van der Waals surface area (Å²) in [6, 6.07) is 9.48. The lowest BCUT2D eigenvalue weighted by Crippen LogP contribution is -2.52. The molecule has 0 amide bonds. The van der Waals surface area contributed by atoms with Crippen molar-refractivity contribution in [3.05, 3.63) is 81.1 Å². The van der Waals surface area contributed by atoms with Crippen molar-refractivity contribution in [3.63, 3.8) is 0 Å². The standard InChI is InChI=1S/C23H28N2O7/c1-4-8-17-23(13-26)19(29-3)18(31-17)21(32-23)24-11-15(2)20(27)25(22(24)28)14-30-12-16-9-6-5-7-10-16/h4-7,9-11,17-19,21,26H,1,8,12-14H2,2-3H3/t17-,18+,19-,21+,23-/m0/s1. The number of hydrogen-bond acceptors (Lipinski definition) is 7. The second-order valence-corrected chi connectivity index (χ2v) is 8.09. The molecule has 3 heterocycles. The second kappa shape index (κ2) is 9.13. The van der Waals surface area contributed by atoms with Crippen molar-refractivity contribution in [3.8, 4) is 0 Å². The topological polar surface area (TPSA) is 101 Å². The highest BCUT2D eigenvalue weighted by Gasteiger charge is 2.67. The Kier molecular flexibility index (Phi) is 6.45. The van der Waals surface area contributed by atoms with E-state index in [4.69, 9.17) is 18.9 Å². The fraction of sp³-hybridized carbons (Fsp3) is 0.478. The number of nitrogens with zero attached hydrogens (tertiary/aromatic N) is 2. The SMILES string of the molecule is C=CC[C@@H]1O[C@H]2[C@H](n3cc(C)c(=O)n(COCc4ccccc4)c3=O)O[C@]1(CO)[C@H]2OC. The van der Waals surface area contributed by atoms with Crippen molar-refractivity contribution in [2.75, 3.05) is 13.7 Å². The third kappa shape index (κ3) is 3.66. The zero-order valence-corrected chi connectivity index (χ0v) is 18.2. The molecule has 9 heteroatoms. The van der Waals surface area contributed by atoms with E-state index in [1.165, 1.54) is 17.9 Å². The van der Waals surface area contributed by atoms with Crippen LogP contribution in [0, 0.1) is 6.92 Å². The van der Waals surface area contributed by atoms with Gasteiger partial charge in [0.15, 0.2) is 6.23 Å². The van der Waals surface area contributed by atoms with Crippen LogP contribution in [0.15, 0.2) is 58.8 Å². The number of methoxy groups -OCH3 is 1. The first-order chi connectivity index (χ1) is 15.5. The number of aliphatic hydroxyl groups is 1. The number of benzene rings is 1. The maximum Gasteiger partial charge on any atom is 0.335 e. The molecule has 4 rings (SSSR count). The Hall–Kier alpha value is -2.56. The van der Waals surface area contributed by atoms with Crippen LogP contribution in [0.3, 0.4) is 0 Å². The highest BCUT2D eigenvalue weighted by atomic mass is 16.7. The highest BCUT2D eigenvalue weighted by Crippen LogP contribution is 2.50. The highest BCUT2D eigenvalue weighted by molar-refractivity contribution is 5.15. The van der Waals surface area contributed by atoms with Gasteiger partial charge < -0.3 is 24.1 Å². The molecule has 32 heavy (non-hydrogen) atoms. The van der Waals surface area contributed by atoms with E-state index in [0.29, 0.717) is 12.0 Å². The maximum absolute atomic E-state index is 13.2. The van der Waals surface area contributed by atoms with Crippen LogP contribution in [0.4, 0.5) is 0 Å². The van der Waals surface area contributed by atoms with Crippen LogP contribution in [0.1, 0.15) is 23.8 Å². The van der Waals surface area contributed by atoms with Gasteiger partial charge in [0, 0.05) is 18.9 Å². The zero-order chi connectivity index (χ0) is 22.9. The van der Waals surface area contributed by atoms with Gasteiger partial charge in [-0.05, 0) is 18.9 Å². The maximum atomic E-state index is 13.2. The summed E-state index contributed by atoms with van der Waals surface area (Å²) in [6.07, 6.45) is 1.08.